The summed E-state index contributed by atoms with van der Waals surface area (Å²) in [7, 11) is 0. The SMILES string of the molecule is CCC1CC1(O)Cc1ccccc1C. The van der Waals surface area contributed by atoms with Crippen LogP contribution in [-0.4, -0.2) is 10.7 Å². The van der Waals surface area contributed by atoms with Crippen molar-refractivity contribution in [1.29, 1.82) is 0 Å². The third-order valence-electron chi connectivity index (χ3n) is 3.45. The molecule has 76 valence electrons. The molecule has 1 heteroatoms. The number of rotatable bonds is 3. The highest BCUT2D eigenvalue weighted by atomic mass is 16.3. The molecule has 0 amide bonds. The molecule has 0 radical (unpaired) electrons. The third-order valence-corrected chi connectivity index (χ3v) is 3.45. The maximum absolute atomic E-state index is 10.2. The zero-order valence-corrected chi connectivity index (χ0v) is 8.96. The van der Waals surface area contributed by atoms with Gasteiger partial charge in [-0.25, -0.2) is 0 Å². The van der Waals surface area contributed by atoms with E-state index in [-0.39, 0.29) is 5.60 Å². The summed E-state index contributed by atoms with van der Waals surface area (Å²) < 4.78 is 0. The highest BCUT2D eigenvalue weighted by Gasteiger charge is 2.51. The lowest BCUT2D eigenvalue weighted by molar-refractivity contribution is 0.130. The summed E-state index contributed by atoms with van der Waals surface area (Å²) in [5.41, 5.74) is 2.20. The van der Waals surface area contributed by atoms with Crippen LogP contribution in [0, 0.1) is 12.8 Å². The zero-order chi connectivity index (χ0) is 10.2. The summed E-state index contributed by atoms with van der Waals surface area (Å²) in [6.45, 7) is 4.27. The lowest BCUT2D eigenvalue weighted by atomic mass is 10.00. The van der Waals surface area contributed by atoms with Crippen LogP contribution in [0.4, 0.5) is 0 Å². The quantitative estimate of drug-likeness (QED) is 0.777. The molecule has 1 aromatic carbocycles. The molecule has 1 saturated carbocycles. The fourth-order valence-corrected chi connectivity index (χ4v) is 2.25. The van der Waals surface area contributed by atoms with Crippen LogP contribution in [0.2, 0.25) is 0 Å². The fourth-order valence-electron chi connectivity index (χ4n) is 2.25. The maximum Gasteiger partial charge on any atom is 0.0720 e. The van der Waals surface area contributed by atoms with E-state index in [2.05, 4.69) is 32.0 Å². The second kappa shape index (κ2) is 3.39. The highest BCUT2D eigenvalue weighted by molar-refractivity contribution is 5.29. The van der Waals surface area contributed by atoms with Gasteiger partial charge < -0.3 is 5.11 Å². The van der Waals surface area contributed by atoms with Gasteiger partial charge in [0, 0.05) is 6.42 Å². The van der Waals surface area contributed by atoms with Crippen LogP contribution in [-0.2, 0) is 6.42 Å². The predicted octanol–water partition coefficient (Wildman–Crippen LogP) is 2.70. The Morgan fingerprint density at radius 3 is 2.71 bits per heavy atom. The van der Waals surface area contributed by atoms with Crippen LogP contribution >= 0.6 is 0 Å². The molecule has 2 atom stereocenters. The summed E-state index contributed by atoms with van der Waals surface area (Å²) >= 11 is 0. The van der Waals surface area contributed by atoms with E-state index >= 15 is 0 Å². The first-order valence-corrected chi connectivity index (χ1v) is 5.42. The van der Waals surface area contributed by atoms with Gasteiger partial charge in [-0.05, 0) is 30.4 Å². The maximum atomic E-state index is 10.2. The summed E-state index contributed by atoms with van der Waals surface area (Å²) in [5.74, 6) is 0.530. The molecule has 1 nitrogen and oxygen atoms in total. The van der Waals surface area contributed by atoms with E-state index in [0.717, 1.165) is 19.3 Å². The normalized spacial score (nSPS) is 30.4. The average molecular weight is 190 g/mol. The topological polar surface area (TPSA) is 20.2 Å². The highest BCUT2D eigenvalue weighted by Crippen LogP contribution is 2.48. The minimum atomic E-state index is -0.388. The molecule has 1 N–H and O–H groups in total. The Kier molecular flexibility index (Phi) is 2.36. The minimum absolute atomic E-state index is 0.388. The van der Waals surface area contributed by atoms with Crippen LogP contribution in [0.15, 0.2) is 24.3 Å². The Morgan fingerprint density at radius 1 is 1.43 bits per heavy atom. The third kappa shape index (κ3) is 1.69. The van der Waals surface area contributed by atoms with E-state index in [0.29, 0.717) is 5.92 Å². The minimum Gasteiger partial charge on any atom is -0.389 e. The van der Waals surface area contributed by atoms with Crippen LogP contribution in [0.25, 0.3) is 0 Å². The first-order chi connectivity index (χ1) is 6.65. The van der Waals surface area contributed by atoms with Crippen molar-refractivity contribution >= 4 is 0 Å². The monoisotopic (exact) mass is 190 g/mol. The van der Waals surface area contributed by atoms with Crippen molar-refractivity contribution in [1.82, 2.24) is 0 Å². The molecule has 0 bridgehead atoms. The number of aryl methyl sites for hydroxylation is 1. The molecule has 1 aliphatic carbocycles. The molecule has 1 aromatic rings. The van der Waals surface area contributed by atoms with Crippen LogP contribution in [0.3, 0.4) is 0 Å². The summed E-state index contributed by atoms with van der Waals surface area (Å²) in [5, 5.41) is 10.2. The number of aliphatic hydroxyl groups is 1. The van der Waals surface area contributed by atoms with Crippen LogP contribution < -0.4 is 0 Å². The molecule has 1 fully saturated rings. The smallest absolute Gasteiger partial charge is 0.0720 e. The Labute approximate surface area is 85.8 Å². The second-order valence-electron chi connectivity index (χ2n) is 4.52. The van der Waals surface area contributed by atoms with Gasteiger partial charge in [-0.15, -0.1) is 0 Å². The standard InChI is InChI=1S/C13H18O/c1-3-12-9-13(12,14)8-11-7-5-4-6-10(11)2/h4-7,12,14H,3,8-9H2,1-2H3. The lowest BCUT2D eigenvalue weighted by Crippen LogP contribution is -2.15. The van der Waals surface area contributed by atoms with Gasteiger partial charge in [0.2, 0.25) is 0 Å². The van der Waals surface area contributed by atoms with Gasteiger partial charge in [0.05, 0.1) is 5.60 Å². The van der Waals surface area contributed by atoms with Gasteiger partial charge in [0.1, 0.15) is 0 Å². The van der Waals surface area contributed by atoms with Crippen molar-refractivity contribution in [3.05, 3.63) is 35.4 Å². The first-order valence-electron chi connectivity index (χ1n) is 5.42. The number of hydrogen-bond donors (Lipinski definition) is 1. The Bertz CT molecular complexity index is 332. The van der Waals surface area contributed by atoms with Gasteiger partial charge in [-0.2, -0.15) is 0 Å². The van der Waals surface area contributed by atoms with Gasteiger partial charge in [0.25, 0.3) is 0 Å². The molecule has 2 rings (SSSR count). The van der Waals surface area contributed by atoms with E-state index in [1.807, 2.05) is 6.07 Å². The zero-order valence-electron chi connectivity index (χ0n) is 8.96. The Hall–Kier alpha value is -0.820. The Balaban J connectivity index is 2.09. The van der Waals surface area contributed by atoms with E-state index in [1.165, 1.54) is 11.1 Å². The average Bonchev–Trinajstić information content (AvgIpc) is 2.81. The van der Waals surface area contributed by atoms with E-state index in [9.17, 15) is 5.11 Å². The molecular formula is C13H18O. The van der Waals surface area contributed by atoms with Crippen molar-refractivity contribution in [3.63, 3.8) is 0 Å². The summed E-state index contributed by atoms with van der Waals surface area (Å²) in [6, 6.07) is 8.34. The molecule has 0 spiro atoms. The molecule has 0 aliphatic heterocycles. The van der Waals surface area contributed by atoms with Crippen molar-refractivity contribution in [2.24, 2.45) is 5.92 Å². The molecule has 0 heterocycles. The first kappa shape index (κ1) is 9.72. The van der Waals surface area contributed by atoms with Crippen molar-refractivity contribution in [2.45, 2.75) is 38.7 Å². The Morgan fingerprint density at radius 2 is 2.14 bits per heavy atom. The molecule has 1 aliphatic rings. The van der Waals surface area contributed by atoms with Gasteiger partial charge in [-0.3, -0.25) is 0 Å². The predicted molar refractivity (Wildman–Crippen MR) is 58.2 cm³/mol. The summed E-state index contributed by atoms with van der Waals surface area (Å²) in [4.78, 5) is 0. The molecule has 0 aromatic heterocycles. The van der Waals surface area contributed by atoms with Gasteiger partial charge in [0.15, 0.2) is 0 Å². The number of benzene rings is 1. The largest absolute Gasteiger partial charge is 0.389 e. The molecule has 2 unspecified atom stereocenters. The van der Waals surface area contributed by atoms with Crippen molar-refractivity contribution in [3.8, 4) is 0 Å². The fraction of sp³-hybridized carbons (Fsp3) is 0.538. The van der Waals surface area contributed by atoms with Gasteiger partial charge in [-0.1, -0.05) is 37.6 Å². The van der Waals surface area contributed by atoms with E-state index < -0.39 is 0 Å². The van der Waals surface area contributed by atoms with Crippen LogP contribution in [0.1, 0.15) is 30.9 Å². The van der Waals surface area contributed by atoms with Crippen molar-refractivity contribution < 1.29 is 5.11 Å². The lowest BCUT2D eigenvalue weighted by Gasteiger charge is -2.11. The molecular weight excluding hydrogens is 172 g/mol. The van der Waals surface area contributed by atoms with E-state index in [4.69, 9.17) is 0 Å². The number of hydrogen-bond acceptors (Lipinski definition) is 1. The van der Waals surface area contributed by atoms with Crippen molar-refractivity contribution in [2.75, 3.05) is 0 Å². The van der Waals surface area contributed by atoms with Gasteiger partial charge >= 0.3 is 0 Å². The van der Waals surface area contributed by atoms with E-state index in [1.54, 1.807) is 0 Å². The molecule has 14 heavy (non-hydrogen) atoms. The van der Waals surface area contributed by atoms with Crippen LogP contribution in [0.5, 0.6) is 0 Å². The molecule has 0 saturated heterocycles. The summed E-state index contributed by atoms with van der Waals surface area (Å²) in [6.07, 6.45) is 2.92. The second-order valence-corrected chi connectivity index (χ2v) is 4.52.